The monoisotopic (exact) mass is 269 g/mol. The lowest BCUT2D eigenvalue weighted by Crippen LogP contribution is -1.99. The fourth-order valence-corrected chi connectivity index (χ4v) is 2.03. The number of benzene rings is 1. The summed E-state index contributed by atoms with van der Waals surface area (Å²) in [5.74, 6) is 0. The summed E-state index contributed by atoms with van der Waals surface area (Å²) in [5, 5.41) is 4.96. The molecule has 0 aliphatic heterocycles. The molecule has 0 fully saturated rings. The molecule has 1 aromatic carbocycles. The predicted molar refractivity (Wildman–Crippen MR) is 78.3 cm³/mol. The van der Waals surface area contributed by atoms with Crippen molar-refractivity contribution in [1.82, 2.24) is 9.97 Å². The summed E-state index contributed by atoms with van der Waals surface area (Å²) in [6.45, 7) is 0.744. The molecule has 0 unspecified atom stereocenters. The third kappa shape index (κ3) is 2.83. The first-order chi connectivity index (χ1) is 9.31. The van der Waals surface area contributed by atoms with Crippen molar-refractivity contribution in [2.75, 3.05) is 5.32 Å². The van der Waals surface area contributed by atoms with Gasteiger partial charge in [-0.1, -0.05) is 23.7 Å². The molecule has 94 valence electrons. The first kappa shape index (κ1) is 11.9. The average molecular weight is 270 g/mol. The normalized spacial score (nSPS) is 10.6. The van der Waals surface area contributed by atoms with Crippen LogP contribution in [0.4, 0.5) is 5.69 Å². The van der Waals surface area contributed by atoms with E-state index in [0.717, 1.165) is 23.1 Å². The van der Waals surface area contributed by atoms with Gasteiger partial charge in [0.2, 0.25) is 0 Å². The lowest BCUT2D eigenvalue weighted by molar-refractivity contribution is 1.14. The van der Waals surface area contributed by atoms with Crippen LogP contribution in [0.1, 0.15) is 5.56 Å². The topological polar surface area (TPSA) is 37.8 Å². The van der Waals surface area contributed by atoms with E-state index in [4.69, 9.17) is 11.6 Å². The molecule has 0 saturated heterocycles. The molecule has 19 heavy (non-hydrogen) atoms. The van der Waals surface area contributed by atoms with Crippen molar-refractivity contribution in [2.45, 2.75) is 6.54 Å². The highest BCUT2D eigenvalue weighted by atomic mass is 35.5. The highest BCUT2D eigenvalue weighted by molar-refractivity contribution is 6.29. The molecule has 2 aromatic heterocycles. The zero-order valence-corrected chi connectivity index (χ0v) is 10.9. The van der Waals surface area contributed by atoms with Crippen molar-refractivity contribution in [2.24, 2.45) is 0 Å². The number of rotatable bonds is 3. The van der Waals surface area contributed by atoms with Crippen LogP contribution in [0.5, 0.6) is 0 Å². The van der Waals surface area contributed by atoms with Gasteiger partial charge in [0.25, 0.3) is 0 Å². The maximum atomic E-state index is 5.75. The fourth-order valence-electron chi connectivity index (χ4n) is 1.92. The van der Waals surface area contributed by atoms with Gasteiger partial charge in [0.1, 0.15) is 5.15 Å². The first-order valence-corrected chi connectivity index (χ1v) is 6.38. The van der Waals surface area contributed by atoms with Crippen LogP contribution in [0, 0.1) is 0 Å². The molecule has 0 saturated carbocycles. The minimum absolute atomic E-state index is 0.502. The highest BCUT2D eigenvalue weighted by Crippen LogP contribution is 2.15. The van der Waals surface area contributed by atoms with Gasteiger partial charge in [0.05, 0.1) is 17.4 Å². The number of nitrogens with zero attached hydrogens (tertiary/aromatic N) is 2. The van der Waals surface area contributed by atoms with Crippen LogP contribution < -0.4 is 5.32 Å². The van der Waals surface area contributed by atoms with Crippen molar-refractivity contribution in [3.63, 3.8) is 0 Å². The lowest BCUT2D eigenvalue weighted by Gasteiger charge is -2.07. The molecule has 0 spiro atoms. The van der Waals surface area contributed by atoms with E-state index in [1.165, 1.54) is 5.56 Å². The smallest absolute Gasteiger partial charge is 0.129 e. The van der Waals surface area contributed by atoms with E-state index in [1.54, 1.807) is 18.5 Å². The molecule has 0 atom stereocenters. The molecule has 3 nitrogen and oxygen atoms in total. The number of pyridine rings is 2. The predicted octanol–water partition coefficient (Wildman–Crippen LogP) is 3.90. The zero-order valence-electron chi connectivity index (χ0n) is 10.2. The molecule has 1 N–H and O–H groups in total. The summed E-state index contributed by atoms with van der Waals surface area (Å²) < 4.78 is 0. The second-order valence-electron chi connectivity index (χ2n) is 4.25. The number of hydrogen-bond acceptors (Lipinski definition) is 3. The Hall–Kier alpha value is -2.13. The maximum absolute atomic E-state index is 5.75. The second kappa shape index (κ2) is 5.24. The van der Waals surface area contributed by atoms with Gasteiger partial charge in [0.15, 0.2) is 0 Å². The average Bonchev–Trinajstić information content (AvgIpc) is 2.46. The van der Waals surface area contributed by atoms with Crippen LogP contribution in [0.25, 0.3) is 10.9 Å². The number of anilines is 1. The third-order valence-corrected chi connectivity index (χ3v) is 3.12. The van der Waals surface area contributed by atoms with Crippen molar-refractivity contribution in [1.29, 1.82) is 0 Å². The molecule has 0 bridgehead atoms. The Balaban J connectivity index is 1.76. The molecule has 0 radical (unpaired) electrons. The van der Waals surface area contributed by atoms with Gasteiger partial charge in [-0.25, -0.2) is 4.98 Å². The van der Waals surface area contributed by atoms with Crippen molar-refractivity contribution < 1.29 is 0 Å². The molecule has 0 amide bonds. The van der Waals surface area contributed by atoms with Gasteiger partial charge in [-0.15, -0.1) is 0 Å². The minimum Gasteiger partial charge on any atom is -0.380 e. The summed E-state index contributed by atoms with van der Waals surface area (Å²) in [4.78, 5) is 8.34. The molecular formula is C15H12ClN3. The number of fused-ring (bicyclic) bond motifs is 1. The first-order valence-electron chi connectivity index (χ1n) is 6.00. The second-order valence-corrected chi connectivity index (χ2v) is 4.64. The summed E-state index contributed by atoms with van der Waals surface area (Å²) in [6, 6.07) is 13.9. The SMILES string of the molecule is Clc1ccc(NCc2ccc3ncccc3c2)cn1. The quantitative estimate of drug-likeness (QED) is 0.733. The van der Waals surface area contributed by atoms with E-state index in [0.29, 0.717) is 5.15 Å². The number of halogens is 1. The van der Waals surface area contributed by atoms with Crippen LogP contribution in [0.3, 0.4) is 0 Å². The highest BCUT2D eigenvalue weighted by Gasteiger charge is 1.98. The van der Waals surface area contributed by atoms with Gasteiger partial charge >= 0.3 is 0 Å². The number of nitrogens with one attached hydrogen (secondary N) is 1. The Morgan fingerprint density at radius 2 is 2.00 bits per heavy atom. The molecule has 0 aliphatic carbocycles. The van der Waals surface area contributed by atoms with Crippen LogP contribution in [-0.2, 0) is 6.54 Å². The van der Waals surface area contributed by atoms with E-state index < -0.39 is 0 Å². The van der Waals surface area contributed by atoms with E-state index in [-0.39, 0.29) is 0 Å². The molecule has 3 aromatic rings. The van der Waals surface area contributed by atoms with Crippen molar-refractivity contribution in [3.05, 3.63) is 65.6 Å². The van der Waals surface area contributed by atoms with Crippen LogP contribution >= 0.6 is 11.6 Å². The van der Waals surface area contributed by atoms with Gasteiger partial charge in [-0.05, 0) is 35.9 Å². The molecular weight excluding hydrogens is 258 g/mol. The number of aromatic nitrogens is 2. The largest absolute Gasteiger partial charge is 0.380 e. The summed E-state index contributed by atoms with van der Waals surface area (Å²) in [5.41, 5.74) is 3.17. The summed E-state index contributed by atoms with van der Waals surface area (Å²) in [7, 11) is 0. The van der Waals surface area contributed by atoms with E-state index in [9.17, 15) is 0 Å². The Kier molecular flexibility index (Phi) is 3.29. The van der Waals surface area contributed by atoms with Gasteiger partial charge in [0, 0.05) is 18.1 Å². The zero-order chi connectivity index (χ0) is 13.1. The van der Waals surface area contributed by atoms with Gasteiger partial charge in [-0.3, -0.25) is 4.98 Å². The summed E-state index contributed by atoms with van der Waals surface area (Å²) >= 11 is 5.75. The Morgan fingerprint density at radius 1 is 1.05 bits per heavy atom. The van der Waals surface area contributed by atoms with Crippen LogP contribution in [0.2, 0.25) is 5.15 Å². The van der Waals surface area contributed by atoms with Crippen molar-refractivity contribution in [3.8, 4) is 0 Å². The third-order valence-electron chi connectivity index (χ3n) is 2.89. The van der Waals surface area contributed by atoms with E-state index in [2.05, 4.69) is 33.5 Å². The number of hydrogen-bond donors (Lipinski definition) is 1. The lowest BCUT2D eigenvalue weighted by atomic mass is 10.1. The molecule has 4 heteroatoms. The molecule has 3 rings (SSSR count). The van der Waals surface area contributed by atoms with Gasteiger partial charge < -0.3 is 5.32 Å². The van der Waals surface area contributed by atoms with Crippen molar-refractivity contribution >= 4 is 28.2 Å². The Bertz CT molecular complexity index is 695. The standard InChI is InChI=1S/C15H12ClN3/c16-15-6-4-13(10-19-15)18-9-11-3-5-14-12(8-11)2-1-7-17-14/h1-8,10,18H,9H2. The molecule has 0 aliphatic rings. The Morgan fingerprint density at radius 3 is 2.84 bits per heavy atom. The fraction of sp³-hybridized carbons (Fsp3) is 0.0667. The van der Waals surface area contributed by atoms with Crippen LogP contribution in [-0.4, -0.2) is 9.97 Å². The Labute approximate surface area is 116 Å². The van der Waals surface area contributed by atoms with Crippen LogP contribution in [0.15, 0.2) is 54.9 Å². The summed E-state index contributed by atoms with van der Waals surface area (Å²) in [6.07, 6.45) is 3.53. The molecule has 2 heterocycles. The maximum Gasteiger partial charge on any atom is 0.129 e. The van der Waals surface area contributed by atoms with E-state index >= 15 is 0 Å². The van der Waals surface area contributed by atoms with Gasteiger partial charge in [-0.2, -0.15) is 0 Å². The van der Waals surface area contributed by atoms with E-state index in [1.807, 2.05) is 18.2 Å². The minimum atomic E-state index is 0.502.